The van der Waals surface area contributed by atoms with Gasteiger partial charge in [-0.2, -0.15) is 0 Å². The minimum absolute atomic E-state index is 0.137. The summed E-state index contributed by atoms with van der Waals surface area (Å²) in [6.45, 7) is 0.736. The summed E-state index contributed by atoms with van der Waals surface area (Å²) in [5, 5.41) is 5.58. The molecule has 110 valence electrons. The largest absolute Gasteiger partial charge is 0.325 e. The van der Waals surface area contributed by atoms with E-state index in [0.29, 0.717) is 18.7 Å². The van der Waals surface area contributed by atoms with Crippen molar-refractivity contribution in [3.63, 3.8) is 0 Å². The molecule has 2 aromatic rings. The lowest BCUT2D eigenvalue weighted by molar-refractivity contribution is -0.115. The zero-order chi connectivity index (χ0) is 15.1. The number of anilines is 1. The summed E-state index contributed by atoms with van der Waals surface area (Å²) in [7, 11) is 0. The van der Waals surface area contributed by atoms with E-state index >= 15 is 0 Å². The van der Waals surface area contributed by atoms with E-state index in [1.165, 1.54) is 30.3 Å². The second-order valence-corrected chi connectivity index (χ2v) is 4.61. The lowest BCUT2D eigenvalue weighted by atomic mass is 10.1. The number of rotatable bonds is 6. The smallest absolute Gasteiger partial charge is 0.238 e. The quantitative estimate of drug-likeness (QED) is 0.803. The van der Waals surface area contributed by atoms with Crippen LogP contribution in [0.4, 0.5) is 14.5 Å². The van der Waals surface area contributed by atoms with Crippen LogP contribution in [0.2, 0.25) is 0 Å². The van der Waals surface area contributed by atoms with Crippen molar-refractivity contribution in [3.8, 4) is 0 Å². The number of hydrogen-bond acceptors (Lipinski definition) is 2. The highest BCUT2D eigenvalue weighted by atomic mass is 19.1. The molecule has 0 bridgehead atoms. The SMILES string of the molecule is O=C(CNCCc1ccc(F)cc1)Nc1cccc(F)c1. The van der Waals surface area contributed by atoms with Crippen LogP contribution >= 0.6 is 0 Å². The van der Waals surface area contributed by atoms with Crippen LogP contribution < -0.4 is 10.6 Å². The molecule has 2 N–H and O–H groups in total. The zero-order valence-corrected chi connectivity index (χ0v) is 11.4. The van der Waals surface area contributed by atoms with Gasteiger partial charge in [0, 0.05) is 5.69 Å². The number of hydrogen-bond donors (Lipinski definition) is 2. The molecule has 0 saturated heterocycles. The topological polar surface area (TPSA) is 41.1 Å². The van der Waals surface area contributed by atoms with E-state index in [0.717, 1.165) is 5.56 Å². The molecule has 2 aromatic carbocycles. The number of carbonyl (C=O) groups excluding carboxylic acids is 1. The Hall–Kier alpha value is -2.27. The molecule has 0 aliphatic heterocycles. The number of carbonyl (C=O) groups is 1. The molecule has 0 heterocycles. The highest BCUT2D eigenvalue weighted by molar-refractivity contribution is 5.92. The van der Waals surface area contributed by atoms with Crippen LogP contribution in [-0.2, 0) is 11.2 Å². The standard InChI is InChI=1S/C16H16F2N2O/c17-13-6-4-12(5-7-13)8-9-19-11-16(21)20-15-3-1-2-14(18)10-15/h1-7,10,19H,8-9,11H2,(H,20,21). The number of halogens is 2. The van der Waals surface area contributed by atoms with Crippen LogP contribution in [0.15, 0.2) is 48.5 Å². The van der Waals surface area contributed by atoms with Gasteiger partial charge >= 0.3 is 0 Å². The molecule has 0 fully saturated rings. The van der Waals surface area contributed by atoms with Crippen molar-refractivity contribution in [2.75, 3.05) is 18.4 Å². The van der Waals surface area contributed by atoms with Crippen molar-refractivity contribution in [2.24, 2.45) is 0 Å². The van der Waals surface area contributed by atoms with Crippen LogP contribution in [0.25, 0.3) is 0 Å². The van der Waals surface area contributed by atoms with Gasteiger partial charge in [0.2, 0.25) is 5.91 Å². The number of nitrogens with one attached hydrogen (secondary N) is 2. The Morgan fingerprint density at radius 2 is 1.76 bits per heavy atom. The second kappa shape index (κ2) is 7.50. The Kier molecular flexibility index (Phi) is 5.40. The predicted molar refractivity (Wildman–Crippen MR) is 78.0 cm³/mol. The lowest BCUT2D eigenvalue weighted by Crippen LogP contribution is -2.29. The third-order valence-corrected chi connectivity index (χ3v) is 2.90. The van der Waals surface area contributed by atoms with Crippen molar-refractivity contribution in [1.82, 2.24) is 5.32 Å². The number of benzene rings is 2. The van der Waals surface area contributed by atoms with Gasteiger partial charge in [0.05, 0.1) is 6.54 Å². The Balaban J connectivity index is 1.68. The first-order valence-corrected chi connectivity index (χ1v) is 6.64. The van der Waals surface area contributed by atoms with E-state index in [4.69, 9.17) is 0 Å². The van der Waals surface area contributed by atoms with Crippen LogP contribution in [0.5, 0.6) is 0 Å². The summed E-state index contributed by atoms with van der Waals surface area (Å²) < 4.78 is 25.7. The Labute approximate surface area is 122 Å². The maximum Gasteiger partial charge on any atom is 0.238 e. The normalized spacial score (nSPS) is 10.4. The molecule has 0 aliphatic carbocycles. The van der Waals surface area contributed by atoms with Crippen LogP contribution in [0, 0.1) is 11.6 Å². The van der Waals surface area contributed by atoms with Gasteiger partial charge in [-0.05, 0) is 48.9 Å². The van der Waals surface area contributed by atoms with E-state index in [9.17, 15) is 13.6 Å². The van der Waals surface area contributed by atoms with Crippen molar-refractivity contribution < 1.29 is 13.6 Å². The van der Waals surface area contributed by atoms with Crippen molar-refractivity contribution in [1.29, 1.82) is 0 Å². The van der Waals surface area contributed by atoms with Crippen LogP contribution in [0.1, 0.15) is 5.56 Å². The van der Waals surface area contributed by atoms with Gasteiger partial charge in [0.15, 0.2) is 0 Å². The third-order valence-electron chi connectivity index (χ3n) is 2.90. The lowest BCUT2D eigenvalue weighted by Gasteiger charge is -2.07. The number of amides is 1. The zero-order valence-electron chi connectivity index (χ0n) is 11.4. The van der Waals surface area contributed by atoms with Gasteiger partial charge in [-0.1, -0.05) is 18.2 Å². The molecule has 0 aromatic heterocycles. The van der Waals surface area contributed by atoms with E-state index in [-0.39, 0.29) is 18.3 Å². The summed E-state index contributed by atoms with van der Waals surface area (Å²) in [5.41, 5.74) is 1.43. The highest BCUT2D eigenvalue weighted by Gasteiger charge is 2.02. The summed E-state index contributed by atoms with van der Waals surface area (Å²) in [6, 6.07) is 12.0. The fraction of sp³-hybridized carbons (Fsp3) is 0.188. The van der Waals surface area contributed by atoms with E-state index in [1.54, 1.807) is 18.2 Å². The van der Waals surface area contributed by atoms with Crippen molar-refractivity contribution in [2.45, 2.75) is 6.42 Å². The summed E-state index contributed by atoms with van der Waals surface area (Å²) in [6.07, 6.45) is 0.702. The van der Waals surface area contributed by atoms with Gasteiger partial charge in [-0.15, -0.1) is 0 Å². The van der Waals surface area contributed by atoms with E-state index in [2.05, 4.69) is 10.6 Å². The molecular weight excluding hydrogens is 274 g/mol. The highest BCUT2D eigenvalue weighted by Crippen LogP contribution is 2.08. The first kappa shape index (κ1) is 15.1. The molecule has 0 atom stereocenters. The van der Waals surface area contributed by atoms with Gasteiger partial charge in [-0.3, -0.25) is 4.79 Å². The van der Waals surface area contributed by atoms with Gasteiger partial charge < -0.3 is 10.6 Å². The Bertz CT molecular complexity index is 599. The summed E-state index contributed by atoms with van der Waals surface area (Å²) in [5.74, 6) is -0.891. The van der Waals surface area contributed by atoms with Crippen LogP contribution in [-0.4, -0.2) is 19.0 Å². The molecule has 3 nitrogen and oxygen atoms in total. The second-order valence-electron chi connectivity index (χ2n) is 4.61. The van der Waals surface area contributed by atoms with Gasteiger partial charge in [0.1, 0.15) is 11.6 Å². The van der Waals surface area contributed by atoms with E-state index < -0.39 is 5.82 Å². The monoisotopic (exact) mass is 290 g/mol. The van der Waals surface area contributed by atoms with Crippen molar-refractivity contribution >= 4 is 11.6 Å². The maximum atomic E-state index is 12.9. The molecule has 2 rings (SSSR count). The van der Waals surface area contributed by atoms with Gasteiger partial charge in [-0.25, -0.2) is 8.78 Å². The molecule has 0 unspecified atom stereocenters. The first-order chi connectivity index (χ1) is 10.1. The average Bonchev–Trinajstić information content (AvgIpc) is 2.45. The molecule has 0 saturated carbocycles. The summed E-state index contributed by atoms with van der Waals surface area (Å²) in [4.78, 5) is 11.6. The molecule has 0 spiro atoms. The summed E-state index contributed by atoms with van der Waals surface area (Å²) >= 11 is 0. The van der Waals surface area contributed by atoms with Gasteiger partial charge in [0.25, 0.3) is 0 Å². The minimum Gasteiger partial charge on any atom is -0.325 e. The average molecular weight is 290 g/mol. The minimum atomic E-state index is -0.392. The van der Waals surface area contributed by atoms with Crippen LogP contribution in [0.3, 0.4) is 0 Å². The molecule has 0 radical (unpaired) electrons. The fourth-order valence-electron chi connectivity index (χ4n) is 1.86. The molecule has 0 aliphatic rings. The first-order valence-electron chi connectivity index (χ1n) is 6.64. The Morgan fingerprint density at radius 3 is 2.48 bits per heavy atom. The fourth-order valence-corrected chi connectivity index (χ4v) is 1.86. The predicted octanol–water partition coefficient (Wildman–Crippen LogP) is 2.74. The Morgan fingerprint density at radius 1 is 1.00 bits per heavy atom. The molecule has 5 heteroatoms. The molecule has 21 heavy (non-hydrogen) atoms. The third kappa shape index (κ3) is 5.31. The maximum absolute atomic E-state index is 12.9. The molecular formula is C16H16F2N2O. The molecule has 1 amide bonds. The van der Waals surface area contributed by atoms with E-state index in [1.807, 2.05) is 0 Å². The van der Waals surface area contributed by atoms with Crippen molar-refractivity contribution in [3.05, 3.63) is 65.7 Å².